The second-order valence-corrected chi connectivity index (χ2v) is 5.81. The molecule has 3 rings (SSSR count). The maximum Gasteiger partial charge on any atom is 0.264 e. The van der Waals surface area contributed by atoms with E-state index in [0.717, 1.165) is 29.2 Å². The van der Waals surface area contributed by atoms with E-state index in [0.29, 0.717) is 24.9 Å². The Bertz CT molecular complexity index is 815. The fourth-order valence-electron chi connectivity index (χ4n) is 2.33. The van der Waals surface area contributed by atoms with Gasteiger partial charge in [-0.1, -0.05) is 23.4 Å². The van der Waals surface area contributed by atoms with Crippen LogP contribution in [0.5, 0.6) is 17.2 Å². The number of hydrogen-bond donors (Lipinski definition) is 0. The predicted molar refractivity (Wildman–Crippen MR) is 96.6 cm³/mol. The van der Waals surface area contributed by atoms with Gasteiger partial charge in [0.25, 0.3) is 5.89 Å². The second-order valence-electron chi connectivity index (χ2n) is 5.81. The van der Waals surface area contributed by atoms with E-state index in [4.69, 9.17) is 18.7 Å². The summed E-state index contributed by atoms with van der Waals surface area (Å²) in [6.07, 6.45) is 0.809. The Morgan fingerprint density at radius 1 is 0.846 bits per heavy atom. The second kappa shape index (κ2) is 8.89. The van der Waals surface area contributed by atoms with E-state index in [1.165, 1.54) is 0 Å². The molecule has 1 aromatic heterocycles. The number of aromatic nitrogens is 2. The molecule has 6 nitrogen and oxygen atoms in total. The third-order valence-corrected chi connectivity index (χ3v) is 3.66. The lowest BCUT2D eigenvalue weighted by Crippen LogP contribution is -2.05. The smallest absolute Gasteiger partial charge is 0.264 e. The number of hydrogen-bond acceptors (Lipinski definition) is 6. The minimum absolute atomic E-state index is 0.247. The van der Waals surface area contributed by atoms with E-state index in [1.807, 2.05) is 55.5 Å². The number of rotatable bonds is 9. The first-order chi connectivity index (χ1) is 12.7. The van der Waals surface area contributed by atoms with Gasteiger partial charge in [0.1, 0.15) is 17.2 Å². The molecule has 0 bridgehead atoms. The minimum Gasteiger partial charge on any atom is -0.493 e. The number of aryl methyl sites for hydroxylation is 2. The molecule has 0 N–H and O–H groups in total. The van der Waals surface area contributed by atoms with Crippen molar-refractivity contribution in [2.75, 3.05) is 13.2 Å². The van der Waals surface area contributed by atoms with Crippen molar-refractivity contribution in [3.05, 3.63) is 65.8 Å². The van der Waals surface area contributed by atoms with E-state index in [-0.39, 0.29) is 6.61 Å². The van der Waals surface area contributed by atoms with Gasteiger partial charge in [0.2, 0.25) is 0 Å². The predicted octanol–water partition coefficient (Wildman–Crippen LogP) is 4.11. The number of benzene rings is 2. The Labute approximate surface area is 152 Å². The van der Waals surface area contributed by atoms with Gasteiger partial charge in [-0.15, -0.1) is 0 Å². The zero-order valence-corrected chi connectivity index (χ0v) is 15.0. The molecule has 0 spiro atoms. The Hall–Kier alpha value is -3.02. The van der Waals surface area contributed by atoms with Crippen molar-refractivity contribution < 1.29 is 18.7 Å². The van der Waals surface area contributed by atoms with Crippen molar-refractivity contribution in [1.29, 1.82) is 0 Å². The highest BCUT2D eigenvalue weighted by Gasteiger charge is 2.04. The van der Waals surface area contributed by atoms with E-state index >= 15 is 0 Å². The third-order valence-electron chi connectivity index (χ3n) is 3.66. The van der Waals surface area contributed by atoms with Crippen molar-refractivity contribution in [1.82, 2.24) is 10.1 Å². The lowest BCUT2D eigenvalue weighted by Gasteiger charge is -2.10. The van der Waals surface area contributed by atoms with Gasteiger partial charge in [-0.2, -0.15) is 4.98 Å². The zero-order chi connectivity index (χ0) is 18.2. The van der Waals surface area contributed by atoms with Crippen molar-refractivity contribution in [3.8, 4) is 17.2 Å². The normalized spacial score (nSPS) is 10.5. The molecule has 3 aromatic rings. The van der Waals surface area contributed by atoms with Crippen LogP contribution in [0.4, 0.5) is 0 Å². The highest BCUT2D eigenvalue weighted by atomic mass is 16.5. The Kier molecular flexibility index (Phi) is 6.09. The van der Waals surface area contributed by atoms with Crippen molar-refractivity contribution in [3.63, 3.8) is 0 Å². The molecule has 0 unspecified atom stereocenters. The van der Waals surface area contributed by atoms with Crippen LogP contribution in [0.2, 0.25) is 0 Å². The molecule has 0 aliphatic rings. The quantitative estimate of drug-likeness (QED) is 0.539. The van der Waals surface area contributed by atoms with E-state index in [2.05, 4.69) is 10.1 Å². The van der Waals surface area contributed by atoms with Crippen LogP contribution in [0.25, 0.3) is 0 Å². The fraction of sp³-hybridized carbons (Fsp3) is 0.300. The Morgan fingerprint density at radius 2 is 1.54 bits per heavy atom. The average Bonchev–Trinajstić information content (AvgIpc) is 3.07. The molecular weight excluding hydrogens is 332 g/mol. The summed E-state index contributed by atoms with van der Waals surface area (Å²) in [5, 5.41) is 3.72. The molecule has 136 valence electrons. The molecule has 0 radical (unpaired) electrons. The van der Waals surface area contributed by atoms with Gasteiger partial charge in [-0.3, -0.25) is 0 Å². The molecule has 0 saturated carbocycles. The molecule has 0 amide bonds. The molecule has 0 fully saturated rings. The van der Waals surface area contributed by atoms with Gasteiger partial charge in [0.15, 0.2) is 12.4 Å². The zero-order valence-electron chi connectivity index (χ0n) is 15.0. The molecule has 1 heterocycles. The fourth-order valence-corrected chi connectivity index (χ4v) is 2.33. The van der Waals surface area contributed by atoms with Crippen LogP contribution < -0.4 is 14.2 Å². The molecule has 6 heteroatoms. The molecule has 2 aromatic carbocycles. The summed E-state index contributed by atoms with van der Waals surface area (Å²) >= 11 is 0. The van der Waals surface area contributed by atoms with Crippen molar-refractivity contribution in [2.45, 2.75) is 26.9 Å². The molecule has 0 aliphatic heterocycles. The summed E-state index contributed by atoms with van der Waals surface area (Å²) < 4.78 is 22.1. The number of ether oxygens (including phenoxy) is 3. The van der Waals surface area contributed by atoms with Crippen LogP contribution in [0.15, 0.2) is 53.1 Å². The highest BCUT2D eigenvalue weighted by Crippen LogP contribution is 2.19. The lowest BCUT2D eigenvalue weighted by atomic mass is 10.2. The summed E-state index contributed by atoms with van der Waals surface area (Å²) in [4.78, 5) is 4.09. The Morgan fingerprint density at radius 3 is 2.23 bits per heavy atom. The molecule has 26 heavy (non-hydrogen) atoms. The maximum absolute atomic E-state index is 5.75. The first-order valence-corrected chi connectivity index (χ1v) is 8.54. The largest absolute Gasteiger partial charge is 0.493 e. The summed E-state index contributed by atoms with van der Waals surface area (Å²) in [6, 6.07) is 15.4. The summed E-state index contributed by atoms with van der Waals surface area (Å²) in [6.45, 7) is 5.26. The van der Waals surface area contributed by atoms with Gasteiger partial charge >= 0.3 is 0 Å². The summed E-state index contributed by atoms with van der Waals surface area (Å²) in [5.41, 5.74) is 1.14. The van der Waals surface area contributed by atoms with Gasteiger partial charge < -0.3 is 18.7 Å². The molecule has 0 saturated heterocycles. The first kappa shape index (κ1) is 17.8. The molecule has 0 atom stereocenters. The van der Waals surface area contributed by atoms with Gasteiger partial charge in [0, 0.05) is 6.42 Å². The summed E-state index contributed by atoms with van der Waals surface area (Å²) in [5.74, 6) is 3.48. The van der Waals surface area contributed by atoms with E-state index < -0.39 is 0 Å². The average molecular weight is 354 g/mol. The van der Waals surface area contributed by atoms with E-state index in [1.54, 1.807) is 6.92 Å². The number of nitrogens with zero attached hydrogens (tertiary/aromatic N) is 2. The first-order valence-electron chi connectivity index (χ1n) is 8.54. The van der Waals surface area contributed by atoms with Crippen molar-refractivity contribution in [2.24, 2.45) is 0 Å². The Balaban J connectivity index is 1.35. The third kappa shape index (κ3) is 5.24. The van der Waals surface area contributed by atoms with E-state index in [9.17, 15) is 0 Å². The van der Waals surface area contributed by atoms with Crippen LogP contribution in [0.3, 0.4) is 0 Å². The summed E-state index contributed by atoms with van der Waals surface area (Å²) in [7, 11) is 0. The number of para-hydroxylation sites is 1. The van der Waals surface area contributed by atoms with Crippen LogP contribution >= 0.6 is 0 Å². The van der Waals surface area contributed by atoms with Crippen LogP contribution in [0.1, 0.15) is 23.7 Å². The maximum atomic E-state index is 5.75. The van der Waals surface area contributed by atoms with Gasteiger partial charge in [0.05, 0.1) is 13.2 Å². The monoisotopic (exact) mass is 354 g/mol. The van der Waals surface area contributed by atoms with Gasteiger partial charge in [-0.05, 0) is 49.7 Å². The topological polar surface area (TPSA) is 66.6 Å². The van der Waals surface area contributed by atoms with Gasteiger partial charge in [-0.25, -0.2) is 0 Å². The van der Waals surface area contributed by atoms with Crippen LogP contribution in [0, 0.1) is 13.8 Å². The highest BCUT2D eigenvalue weighted by molar-refractivity contribution is 5.32. The minimum atomic E-state index is 0.247. The van der Waals surface area contributed by atoms with Crippen LogP contribution in [-0.2, 0) is 6.61 Å². The standard InChI is InChI=1S/C20H22N2O4/c1-15-6-3-4-7-19(15)24-13-5-12-23-17-8-10-18(11-9-17)25-14-20-21-16(2)22-26-20/h3-4,6-11H,5,12-14H2,1-2H3. The SMILES string of the molecule is Cc1noc(COc2ccc(OCCCOc3ccccc3C)cc2)n1. The lowest BCUT2D eigenvalue weighted by molar-refractivity contribution is 0.239. The molecular formula is C20H22N2O4. The molecule has 0 aliphatic carbocycles. The van der Waals surface area contributed by atoms with Crippen molar-refractivity contribution >= 4 is 0 Å². The van der Waals surface area contributed by atoms with Crippen LogP contribution in [-0.4, -0.2) is 23.4 Å².